The Morgan fingerprint density at radius 3 is 2.45 bits per heavy atom. The predicted molar refractivity (Wildman–Crippen MR) is 76.4 cm³/mol. The maximum atomic E-state index is 12.0. The molecule has 4 unspecified atom stereocenters. The summed E-state index contributed by atoms with van der Waals surface area (Å²) >= 11 is 0. The molecule has 0 aliphatic heterocycles. The molecule has 0 aromatic carbocycles. The van der Waals surface area contributed by atoms with Gasteiger partial charge in [-0.05, 0) is 49.9 Å². The fourth-order valence-corrected chi connectivity index (χ4v) is 3.28. The molecular weight excluding hydrogens is 256 g/mol. The van der Waals surface area contributed by atoms with Gasteiger partial charge in [-0.15, -0.1) is 0 Å². The highest BCUT2D eigenvalue weighted by Gasteiger charge is 2.34. The van der Waals surface area contributed by atoms with E-state index in [0.29, 0.717) is 11.8 Å². The number of nitrogens with one attached hydrogen (secondary N) is 2. The summed E-state index contributed by atoms with van der Waals surface area (Å²) in [5.74, 6) is 0.725. The van der Waals surface area contributed by atoms with Crippen molar-refractivity contribution in [2.24, 2.45) is 17.8 Å². The van der Waals surface area contributed by atoms with Crippen LogP contribution in [0.1, 0.15) is 52.4 Å². The zero-order chi connectivity index (χ0) is 14.7. The molecule has 2 rings (SSSR count). The van der Waals surface area contributed by atoms with Crippen molar-refractivity contribution in [2.45, 2.75) is 64.5 Å². The normalized spacial score (nSPS) is 31.4. The van der Waals surface area contributed by atoms with Crippen molar-refractivity contribution >= 4 is 12.0 Å². The predicted octanol–water partition coefficient (Wildman–Crippen LogP) is 2.36. The highest BCUT2D eigenvalue weighted by atomic mass is 16.4. The standard InChI is InChI=1S/C15H26N2O3/c1-9-3-6-12(10(2)7-9)16-15(20)17-13(8-14(18)19)11-4-5-11/h9-13H,3-8H2,1-2H3,(H,18,19)(H2,16,17,20). The van der Waals surface area contributed by atoms with Crippen molar-refractivity contribution in [3.8, 4) is 0 Å². The molecule has 0 heterocycles. The molecular formula is C15H26N2O3. The minimum atomic E-state index is -0.845. The Hall–Kier alpha value is -1.26. The van der Waals surface area contributed by atoms with Crippen LogP contribution < -0.4 is 10.6 Å². The van der Waals surface area contributed by atoms with Crippen LogP contribution >= 0.6 is 0 Å². The van der Waals surface area contributed by atoms with Gasteiger partial charge in [0.15, 0.2) is 0 Å². The maximum absolute atomic E-state index is 12.0. The van der Waals surface area contributed by atoms with Crippen molar-refractivity contribution < 1.29 is 14.7 Å². The number of aliphatic carboxylic acids is 1. The topological polar surface area (TPSA) is 78.4 Å². The summed E-state index contributed by atoms with van der Waals surface area (Å²) in [5, 5.41) is 14.8. The summed E-state index contributed by atoms with van der Waals surface area (Å²) in [6, 6.07) is -0.198. The maximum Gasteiger partial charge on any atom is 0.315 e. The number of rotatable bonds is 5. The van der Waals surface area contributed by atoms with Crippen LogP contribution in [0.2, 0.25) is 0 Å². The molecule has 2 aliphatic rings. The number of carbonyl (C=O) groups is 2. The molecule has 3 N–H and O–H groups in total. The lowest BCUT2D eigenvalue weighted by molar-refractivity contribution is -0.137. The molecule has 2 fully saturated rings. The van der Waals surface area contributed by atoms with E-state index in [1.165, 1.54) is 0 Å². The quantitative estimate of drug-likeness (QED) is 0.724. The third-order valence-electron chi connectivity index (χ3n) is 4.65. The Balaban J connectivity index is 1.80. The molecule has 0 aromatic heterocycles. The first kappa shape index (κ1) is 15.1. The Bertz CT molecular complexity index is 368. The highest BCUT2D eigenvalue weighted by molar-refractivity contribution is 5.76. The van der Waals surface area contributed by atoms with Gasteiger partial charge in [-0.1, -0.05) is 13.8 Å². The smallest absolute Gasteiger partial charge is 0.315 e. The molecule has 2 amide bonds. The summed E-state index contributed by atoms with van der Waals surface area (Å²) in [6.45, 7) is 4.43. The van der Waals surface area contributed by atoms with Gasteiger partial charge in [-0.3, -0.25) is 4.79 Å². The summed E-state index contributed by atoms with van der Waals surface area (Å²) in [4.78, 5) is 22.9. The number of carboxylic acid groups (broad SMARTS) is 1. The van der Waals surface area contributed by atoms with Crippen molar-refractivity contribution in [1.82, 2.24) is 10.6 Å². The van der Waals surface area contributed by atoms with Gasteiger partial charge in [0.25, 0.3) is 0 Å². The van der Waals surface area contributed by atoms with Crippen LogP contribution in [-0.4, -0.2) is 29.2 Å². The second-order valence-corrected chi connectivity index (χ2v) is 6.66. The minimum absolute atomic E-state index is 0.0232. The van der Waals surface area contributed by atoms with Crippen molar-refractivity contribution in [3.63, 3.8) is 0 Å². The van der Waals surface area contributed by atoms with E-state index in [1.54, 1.807) is 0 Å². The van der Waals surface area contributed by atoms with Gasteiger partial charge < -0.3 is 15.7 Å². The molecule has 0 radical (unpaired) electrons. The van der Waals surface area contributed by atoms with E-state index in [0.717, 1.165) is 38.0 Å². The molecule has 5 heteroatoms. The van der Waals surface area contributed by atoms with E-state index in [-0.39, 0.29) is 24.5 Å². The van der Waals surface area contributed by atoms with E-state index < -0.39 is 5.97 Å². The fraction of sp³-hybridized carbons (Fsp3) is 0.867. The first-order chi connectivity index (χ1) is 9.45. The van der Waals surface area contributed by atoms with Gasteiger partial charge in [-0.2, -0.15) is 0 Å². The minimum Gasteiger partial charge on any atom is -0.481 e. The Kier molecular flexibility index (Phi) is 4.89. The molecule has 20 heavy (non-hydrogen) atoms. The second kappa shape index (κ2) is 6.46. The van der Waals surface area contributed by atoms with E-state index in [9.17, 15) is 9.59 Å². The summed E-state index contributed by atoms with van der Waals surface area (Å²) in [7, 11) is 0. The average Bonchev–Trinajstić information content (AvgIpc) is 3.15. The van der Waals surface area contributed by atoms with Gasteiger partial charge in [0.05, 0.1) is 6.42 Å². The second-order valence-electron chi connectivity index (χ2n) is 6.66. The molecule has 5 nitrogen and oxygen atoms in total. The monoisotopic (exact) mass is 282 g/mol. The van der Waals surface area contributed by atoms with Crippen LogP contribution in [0.5, 0.6) is 0 Å². The number of carboxylic acids is 1. The lowest BCUT2D eigenvalue weighted by Gasteiger charge is -2.33. The first-order valence-corrected chi connectivity index (χ1v) is 7.74. The van der Waals surface area contributed by atoms with Gasteiger partial charge >= 0.3 is 12.0 Å². The van der Waals surface area contributed by atoms with Gasteiger partial charge in [0.1, 0.15) is 0 Å². The molecule has 2 saturated carbocycles. The zero-order valence-electron chi connectivity index (χ0n) is 12.4. The van der Waals surface area contributed by atoms with E-state index >= 15 is 0 Å². The Morgan fingerprint density at radius 1 is 1.20 bits per heavy atom. The average molecular weight is 282 g/mol. The van der Waals surface area contributed by atoms with Gasteiger partial charge in [0, 0.05) is 12.1 Å². The Morgan fingerprint density at radius 2 is 1.90 bits per heavy atom. The largest absolute Gasteiger partial charge is 0.481 e. The molecule has 0 aromatic rings. The van der Waals surface area contributed by atoms with Crippen LogP contribution in [0.3, 0.4) is 0 Å². The third kappa shape index (κ3) is 4.39. The number of amides is 2. The SMILES string of the molecule is CC1CCC(NC(=O)NC(CC(=O)O)C2CC2)C(C)C1. The summed E-state index contributed by atoms with van der Waals surface area (Å²) in [5.41, 5.74) is 0. The zero-order valence-corrected chi connectivity index (χ0v) is 12.4. The molecule has 4 atom stereocenters. The molecule has 0 spiro atoms. The van der Waals surface area contributed by atoms with Crippen molar-refractivity contribution in [2.75, 3.05) is 0 Å². The van der Waals surface area contributed by atoms with Crippen LogP contribution in [-0.2, 0) is 4.79 Å². The number of carbonyl (C=O) groups excluding carboxylic acids is 1. The fourth-order valence-electron chi connectivity index (χ4n) is 3.28. The van der Waals surface area contributed by atoms with Gasteiger partial charge in [-0.25, -0.2) is 4.79 Å². The summed E-state index contributed by atoms with van der Waals surface area (Å²) in [6.07, 6.45) is 5.38. The molecule has 0 saturated heterocycles. The Labute approximate surface area is 120 Å². The van der Waals surface area contributed by atoms with E-state index in [1.807, 2.05) is 0 Å². The number of hydrogen-bond donors (Lipinski definition) is 3. The van der Waals surface area contributed by atoms with Crippen LogP contribution in [0, 0.1) is 17.8 Å². The lowest BCUT2D eigenvalue weighted by atomic mass is 9.80. The van der Waals surface area contributed by atoms with Gasteiger partial charge in [0.2, 0.25) is 0 Å². The lowest BCUT2D eigenvalue weighted by Crippen LogP contribution is -2.50. The van der Waals surface area contributed by atoms with Crippen molar-refractivity contribution in [3.05, 3.63) is 0 Å². The third-order valence-corrected chi connectivity index (χ3v) is 4.65. The van der Waals surface area contributed by atoms with E-state index in [4.69, 9.17) is 5.11 Å². The summed E-state index contributed by atoms with van der Waals surface area (Å²) < 4.78 is 0. The number of hydrogen-bond acceptors (Lipinski definition) is 2. The van der Waals surface area contributed by atoms with Crippen LogP contribution in [0.4, 0.5) is 4.79 Å². The van der Waals surface area contributed by atoms with Crippen LogP contribution in [0.15, 0.2) is 0 Å². The highest BCUT2D eigenvalue weighted by Crippen LogP contribution is 2.34. The molecule has 114 valence electrons. The number of urea groups is 1. The molecule has 2 aliphatic carbocycles. The van der Waals surface area contributed by atoms with E-state index in [2.05, 4.69) is 24.5 Å². The first-order valence-electron chi connectivity index (χ1n) is 7.74. The van der Waals surface area contributed by atoms with Crippen molar-refractivity contribution in [1.29, 1.82) is 0 Å². The van der Waals surface area contributed by atoms with Crippen LogP contribution in [0.25, 0.3) is 0 Å². The molecule has 0 bridgehead atoms.